The smallest absolute Gasteiger partial charge is 0.0964 e. The first kappa shape index (κ1) is 7.03. The third-order valence-corrected chi connectivity index (χ3v) is 1.65. The summed E-state index contributed by atoms with van der Waals surface area (Å²) in [5, 5.41) is 8.04. The van der Waals surface area contributed by atoms with Gasteiger partial charge in [0.05, 0.1) is 18.1 Å². The summed E-state index contributed by atoms with van der Waals surface area (Å²) < 4.78 is 0. The molecule has 1 radical (unpaired) electrons. The third kappa shape index (κ3) is 1.09. The van der Waals surface area contributed by atoms with Crippen LogP contribution in [0.4, 0.5) is 0 Å². The lowest BCUT2D eigenvalue weighted by Crippen LogP contribution is -2.00. The second kappa shape index (κ2) is 2.77. The predicted octanol–water partition coefficient (Wildman–Crippen LogP) is 1.38. The second-order valence-electron chi connectivity index (χ2n) is 2.52. The Morgan fingerprint density at radius 2 is 2.08 bits per heavy atom. The summed E-state index contributed by atoms with van der Waals surface area (Å²) in [6.45, 7) is 2.01. The van der Waals surface area contributed by atoms with Crippen LogP contribution < -0.4 is 0 Å². The van der Waals surface area contributed by atoms with E-state index < -0.39 is 0 Å². The molecule has 59 valence electrons. The Balaban J connectivity index is 2.55. The first-order valence-corrected chi connectivity index (χ1v) is 3.72. The predicted molar refractivity (Wildman–Crippen MR) is 44.9 cm³/mol. The van der Waals surface area contributed by atoms with E-state index in [4.69, 9.17) is 0 Å². The van der Waals surface area contributed by atoms with Crippen LogP contribution in [0.2, 0.25) is 0 Å². The number of rotatable bonds is 1. The zero-order chi connectivity index (χ0) is 8.39. The molecule has 0 aliphatic rings. The number of nitrogens with zero attached hydrogens (tertiary/aromatic N) is 3. The van der Waals surface area contributed by atoms with Crippen LogP contribution in [0.5, 0.6) is 0 Å². The minimum atomic E-state index is 0.905. The molecular formula is C9H8N3. The van der Waals surface area contributed by atoms with E-state index in [1.807, 2.05) is 25.1 Å². The Kier molecular flexibility index (Phi) is 1.63. The number of aromatic nitrogens is 3. The minimum absolute atomic E-state index is 0.905. The van der Waals surface area contributed by atoms with Gasteiger partial charge in [-0.1, -0.05) is 18.2 Å². The largest absolute Gasteiger partial charge is 0.157 e. The maximum Gasteiger partial charge on any atom is 0.0964 e. The molecule has 0 amide bonds. The molecule has 0 saturated heterocycles. The standard InChI is InChI=1S/C9H8N3/c1-8-4-2-3-5-9(8)12-10-6-7-11-12/h2-4,6-7H,1H3. The molecule has 3 nitrogen and oxygen atoms in total. The van der Waals surface area contributed by atoms with E-state index in [0.29, 0.717) is 0 Å². The molecule has 0 aliphatic carbocycles. The van der Waals surface area contributed by atoms with Crippen molar-refractivity contribution >= 4 is 0 Å². The summed E-state index contributed by atoms with van der Waals surface area (Å²) in [6.07, 6.45) is 3.31. The van der Waals surface area contributed by atoms with Crippen LogP contribution >= 0.6 is 0 Å². The van der Waals surface area contributed by atoms with Gasteiger partial charge < -0.3 is 0 Å². The van der Waals surface area contributed by atoms with Crippen LogP contribution in [-0.2, 0) is 0 Å². The fourth-order valence-corrected chi connectivity index (χ4v) is 1.06. The number of para-hydroxylation sites is 1. The van der Waals surface area contributed by atoms with E-state index in [-0.39, 0.29) is 0 Å². The molecule has 3 heteroatoms. The van der Waals surface area contributed by atoms with Crippen LogP contribution in [0.1, 0.15) is 5.56 Å². The lowest BCUT2D eigenvalue weighted by Gasteiger charge is -2.01. The van der Waals surface area contributed by atoms with Gasteiger partial charge in [0, 0.05) is 6.07 Å². The van der Waals surface area contributed by atoms with Crippen molar-refractivity contribution in [2.75, 3.05) is 0 Å². The highest BCUT2D eigenvalue weighted by atomic mass is 15.5. The van der Waals surface area contributed by atoms with Gasteiger partial charge in [-0.15, -0.1) is 0 Å². The van der Waals surface area contributed by atoms with Crippen LogP contribution in [-0.4, -0.2) is 15.0 Å². The van der Waals surface area contributed by atoms with Crippen molar-refractivity contribution in [3.05, 3.63) is 42.2 Å². The average molecular weight is 158 g/mol. The summed E-state index contributed by atoms with van der Waals surface area (Å²) in [7, 11) is 0. The highest BCUT2D eigenvalue weighted by Gasteiger charge is 1.99. The summed E-state index contributed by atoms with van der Waals surface area (Å²) in [5.74, 6) is 0. The van der Waals surface area contributed by atoms with Crippen molar-refractivity contribution < 1.29 is 0 Å². The normalized spacial score (nSPS) is 10.1. The molecule has 0 N–H and O–H groups in total. The van der Waals surface area contributed by atoms with Gasteiger partial charge in [-0.05, 0) is 12.5 Å². The first-order valence-electron chi connectivity index (χ1n) is 3.72. The molecule has 1 aromatic heterocycles. The monoisotopic (exact) mass is 158 g/mol. The van der Waals surface area contributed by atoms with Crippen molar-refractivity contribution in [2.24, 2.45) is 0 Å². The molecular weight excluding hydrogens is 150 g/mol. The fraction of sp³-hybridized carbons (Fsp3) is 0.111. The molecule has 0 unspecified atom stereocenters. The average Bonchev–Trinajstić information content (AvgIpc) is 2.57. The van der Waals surface area contributed by atoms with E-state index in [0.717, 1.165) is 11.3 Å². The van der Waals surface area contributed by atoms with E-state index in [9.17, 15) is 0 Å². The summed E-state index contributed by atoms with van der Waals surface area (Å²) in [6, 6.07) is 8.89. The van der Waals surface area contributed by atoms with E-state index >= 15 is 0 Å². The maximum absolute atomic E-state index is 4.02. The van der Waals surface area contributed by atoms with Gasteiger partial charge in [-0.25, -0.2) is 0 Å². The Morgan fingerprint density at radius 1 is 1.33 bits per heavy atom. The highest BCUT2D eigenvalue weighted by Crippen LogP contribution is 2.08. The molecule has 1 heterocycles. The Hall–Kier alpha value is -1.64. The van der Waals surface area contributed by atoms with E-state index in [2.05, 4.69) is 16.3 Å². The lowest BCUT2D eigenvalue weighted by molar-refractivity contribution is 0.746. The van der Waals surface area contributed by atoms with Crippen molar-refractivity contribution in [2.45, 2.75) is 6.92 Å². The third-order valence-electron chi connectivity index (χ3n) is 1.65. The number of hydrogen-bond acceptors (Lipinski definition) is 2. The molecule has 1 aromatic carbocycles. The van der Waals surface area contributed by atoms with Gasteiger partial charge in [-0.3, -0.25) is 0 Å². The fourth-order valence-electron chi connectivity index (χ4n) is 1.06. The highest BCUT2D eigenvalue weighted by molar-refractivity contribution is 5.36. The summed E-state index contributed by atoms with van der Waals surface area (Å²) in [5.41, 5.74) is 2.02. The van der Waals surface area contributed by atoms with Crippen molar-refractivity contribution in [3.63, 3.8) is 0 Å². The van der Waals surface area contributed by atoms with Crippen molar-refractivity contribution in [3.8, 4) is 5.69 Å². The van der Waals surface area contributed by atoms with E-state index in [1.54, 1.807) is 17.2 Å². The zero-order valence-electron chi connectivity index (χ0n) is 6.73. The van der Waals surface area contributed by atoms with E-state index in [1.165, 1.54) is 0 Å². The van der Waals surface area contributed by atoms with Gasteiger partial charge in [0.2, 0.25) is 0 Å². The SMILES string of the molecule is Cc1ccc[c]c1-n1nccn1. The van der Waals surface area contributed by atoms with Gasteiger partial charge in [-0.2, -0.15) is 15.0 Å². The Labute approximate surface area is 70.6 Å². The zero-order valence-corrected chi connectivity index (χ0v) is 6.73. The molecule has 0 bridgehead atoms. The molecule has 0 spiro atoms. The maximum atomic E-state index is 4.02. The van der Waals surface area contributed by atoms with Gasteiger partial charge >= 0.3 is 0 Å². The number of aryl methyl sites for hydroxylation is 1. The second-order valence-corrected chi connectivity index (χ2v) is 2.52. The molecule has 2 aromatic rings. The number of benzene rings is 1. The minimum Gasteiger partial charge on any atom is -0.157 e. The molecule has 0 aliphatic heterocycles. The molecule has 0 atom stereocenters. The van der Waals surface area contributed by atoms with Crippen LogP contribution in [0.3, 0.4) is 0 Å². The van der Waals surface area contributed by atoms with Crippen molar-refractivity contribution in [1.82, 2.24) is 15.0 Å². The Morgan fingerprint density at radius 3 is 2.75 bits per heavy atom. The van der Waals surface area contributed by atoms with Crippen molar-refractivity contribution in [1.29, 1.82) is 0 Å². The molecule has 2 rings (SSSR count). The van der Waals surface area contributed by atoms with Gasteiger partial charge in [0.25, 0.3) is 0 Å². The lowest BCUT2D eigenvalue weighted by atomic mass is 10.2. The quantitative estimate of drug-likeness (QED) is 0.627. The molecule has 0 fully saturated rings. The molecule has 12 heavy (non-hydrogen) atoms. The topological polar surface area (TPSA) is 30.7 Å². The number of hydrogen-bond donors (Lipinski definition) is 0. The first-order chi connectivity index (χ1) is 5.88. The van der Waals surface area contributed by atoms with Crippen LogP contribution in [0.25, 0.3) is 5.69 Å². The van der Waals surface area contributed by atoms with Crippen LogP contribution in [0.15, 0.2) is 30.6 Å². The summed E-state index contributed by atoms with van der Waals surface area (Å²) >= 11 is 0. The van der Waals surface area contributed by atoms with Crippen LogP contribution in [0, 0.1) is 13.0 Å². The molecule has 0 saturated carbocycles. The Bertz CT molecular complexity index is 365. The van der Waals surface area contributed by atoms with Gasteiger partial charge in [0.1, 0.15) is 0 Å². The van der Waals surface area contributed by atoms with Gasteiger partial charge in [0.15, 0.2) is 0 Å². The summed E-state index contributed by atoms with van der Waals surface area (Å²) in [4.78, 5) is 1.56.